The summed E-state index contributed by atoms with van der Waals surface area (Å²) < 4.78 is 10.7. The molecule has 0 heterocycles. The van der Waals surface area contributed by atoms with Gasteiger partial charge >= 0.3 is 5.97 Å². The summed E-state index contributed by atoms with van der Waals surface area (Å²) >= 11 is 0. The van der Waals surface area contributed by atoms with E-state index in [4.69, 9.17) is 4.52 Å². The van der Waals surface area contributed by atoms with Gasteiger partial charge in [0.15, 0.2) is 0 Å². The zero-order valence-corrected chi connectivity index (χ0v) is 12.5. The normalized spacial score (nSPS) is 11.1. The number of esters is 1. The third-order valence-electron chi connectivity index (χ3n) is 2.50. The maximum Gasteiger partial charge on any atom is 0.337 e. The Morgan fingerprint density at radius 1 is 1.06 bits per heavy atom. The molecule has 0 spiro atoms. The predicted octanol–water partition coefficient (Wildman–Crippen LogP) is 4.07. The lowest BCUT2D eigenvalue weighted by Gasteiger charge is -2.25. The summed E-state index contributed by atoms with van der Waals surface area (Å²) in [6.07, 6.45) is 0. The van der Waals surface area contributed by atoms with Crippen LogP contribution < -0.4 is 4.52 Å². The van der Waals surface area contributed by atoms with Crippen molar-refractivity contribution in [3.8, 4) is 5.75 Å². The largest absolute Gasteiger partial charge is 0.474 e. The second-order valence-corrected chi connectivity index (χ2v) is 7.62. The molecule has 0 aliphatic heterocycles. The maximum atomic E-state index is 11.3. The van der Waals surface area contributed by atoms with Gasteiger partial charge in [-0.3, -0.25) is 0 Å². The minimum Gasteiger partial charge on any atom is -0.474 e. The molecule has 1 aromatic carbocycles. The average molecular weight is 268 g/mol. The average Bonchev–Trinajstić information content (AvgIpc) is 2.35. The van der Waals surface area contributed by atoms with Gasteiger partial charge in [0, 0.05) is 11.3 Å². The van der Waals surface area contributed by atoms with Crippen LogP contribution in [-0.2, 0) is 4.74 Å². The highest BCUT2D eigenvalue weighted by Gasteiger charge is 2.19. The van der Waals surface area contributed by atoms with Gasteiger partial charge in [-0.1, -0.05) is 27.7 Å². The lowest BCUT2D eigenvalue weighted by molar-refractivity contribution is 0.0600. The number of rotatable bonds is 5. The molecule has 0 aliphatic rings. The van der Waals surface area contributed by atoms with E-state index in [2.05, 4.69) is 32.4 Å². The van der Waals surface area contributed by atoms with E-state index < -0.39 is 8.15 Å². The molecule has 0 amide bonds. The molecule has 0 atom stereocenters. The Morgan fingerprint density at radius 2 is 1.56 bits per heavy atom. The number of carbonyl (C=O) groups excluding carboxylic acids is 1. The number of hydrogen-bond donors (Lipinski definition) is 0. The lowest BCUT2D eigenvalue weighted by atomic mass is 10.2. The van der Waals surface area contributed by atoms with Crippen LogP contribution in [0, 0.1) is 0 Å². The van der Waals surface area contributed by atoms with Crippen molar-refractivity contribution >= 4 is 14.1 Å². The van der Waals surface area contributed by atoms with Gasteiger partial charge in [0.1, 0.15) is 5.75 Å². The summed E-state index contributed by atoms with van der Waals surface area (Å²) in [6, 6.07) is 7.11. The molecular formula is C14H21O3P. The van der Waals surface area contributed by atoms with Gasteiger partial charge < -0.3 is 9.26 Å². The molecule has 0 radical (unpaired) electrons. The molecular weight excluding hydrogens is 247 g/mol. The summed E-state index contributed by atoms with van der Waals surface area (Å²) in [5, 5.41) is 0. The zero-order valence-electron chi connectivity index (χ0n) is 11.6. The monoisotopic (exact) mass is 268 g/mol. The van der Waals surface area contributed by atoms with Gasteiger partial charge in [0.2, 0.25) is 0 Å². The third-order valence-corrected chi connectivity index (χ3v) is 4.96. The van der Waals surface area contributed by atoms with Crippen LogP contribution in [0.1, 0.15) is 38.1 Å². The Kier molecular flexibility index (Phi) is 5.61. The van der Waals surface area contributed by atoms with Crippen molar-refractivity contribution in [3.05, 3.63) is 29.8 Å². The van der Waals surface area contributed by atoms with E-state index in [1.54, 1.807) is 12.1 Å². The minimum absolute atomic E-state index is 0.323. The van der Waals surface area contributed by atoms with Crippen LogP contribution in [-0.4, -0.2) is 24.4 Å². The molecule has 4 heteroatoms. The highest BCUT2D eigenvalue weighted by Crippen LogP contribution is 2.47. The van der Waals surface area contributed by atoms with Gasteiger partial charge in [-0.05, 0) is 24.3 Å². The van der Waals surface area contributed by atoms with Gasteiger partial charge in [0.05, 0.1) is 20.8 Å². The number of hydrogen-bond acceptors (Lipinski definition) is 3. The highest BCUT2D eigenvalue weighted by molar-refractivity contribution is 7.54. The number of benzene rings is 1. The van der Waals surface area contributed by atoms with Crippen molar-refractivity contribution in [2.45, 2.75) is 39.0 Å². The van der Waals surface area contributed by atoms with Crippen LogP contribution in [0.25, 0.3) is 0 Å². The molecule has 0 bridgehead atoms. The van der Waals surface area contributed by atoms with E-state index in [1.165, 1.54) is 7.11 Å². The zero-order chi connectivity index (χ0) is 13.7. The fourth-order valence-electron chi connectivity index (χ4n) is 1.70. The fraction of sp³-hybridized carbons (Fsp3) is 0.500. The molecule has 1 aromatic rings. The van der Waals surface area contributed by atoms with E-state index in [-0.39, 0.29) is 5.97 Å². The Bertz CT molecular complexity index is 377. The van der Waals surface area contributed by atoms with E-state index in [9.17, 15) is 4.79 Å². The molecule has 0 saturated heterocycles. The molecule has 1 rings (SSSR count). The van der Waals surface area contributed by atoms with Crippen molar-refractivity contribution in [2.24, 2.45) is 0 Å². The molecule has 3 nitrogen and oxygen atoms in total. The number of methoxy groups -OCH3 is 1. The minimum atomic E-state index is -0.500. The first-order valence-corrected chi connectivity index (χ1v) is 7.50. The summed E-state index contributed by atoms with van der Waals surface area (Å²) in [5.41, 5.74) is 1.57. The second-order valence-electron chi connectivity index (χ2n) is 4.65. The first kappa shape index (κ1) is 15.0. The van der Waals surface area contributed by atoms with Crippen molar-refractivity contribution in [1.29, 1.82) is 0 Å². The molecule has 100 valence electrons. The first-order valence-electron chi connectivity index (χ1n) is 6.10. The van der Waals surface area contributed by atoms with Crippen LogP contribution in [0.15, 0.2) is 24.3 Å². The van der Waals surface area contributed by atoms with Crippen LogP contribution in [0.2, 0.25) is 0 Å². The van der Waals surface area contributed by atoms with Crippen LogP contribution >= 0.6 is 8.15 Å². The molecule has 0 aromatic heterocycles. The summed E-state index contributed by atoms with van der Waals surface area (Å²) in [5.74, 6) is 0.493. The summed E-state index contributed by atoms with van der Waals surface area (Å²) in [6.45, 7) is 8.70. The van der Waals surface area contributed by atoms with Crippen molar-refractivity contribution in [3.63, 3.8) is 0 Å². The van der Waals surface area contributed by atoms with Crippen LogP contribution in [0.3, 0.4) is 0 Å². The summed E-state index contributed by atoms with van der Waals surface area (Å²) in [4.78, 5) is 11.3. The second kappa shape index (κ2) is 6.75. The van der Waals surface area contributed by atoms with E-state index in [0.29, 0.717) is 16.9 Å². The van der Waals surface area contributed by atoms with E-state index in [0.717, 1.165) is 5.75 Å². The topological polar surface area (TPSA) is 35.5 Å². The van der Waals surface area contributed by atoms with Crippen LogP contribution in [0.5, 0.6) is 5.75 Å². The van der Waals surface area contributed by atoms with Crippen molar-refractivity contribution in [1.82, 2.24) is 0 Å². The summed E-state index contributed by atoms with van der Waals surface area (Å²) in [7, 11) is 0.879. The fourth-order valence-corrected chi connectivity index (χ4v) is 3.68. The Labute approximate surface area is 110 Å². The Balaban J connectivity index is 2.76. The van der Waals surface area contributed by atoms with Crippen molar-refractivity contribution in [2.75, 3.05) is 7.11 Å². The molecule has 0 fully saturated rings. The Hall–Kier alpha value is -1.08. The lowest BCUT2D eigenvalue weighted by Crippen LogP contribution is -2.08. The number of ether oxygens (including phenoxy) is 1. The first-order chi connectivity index (χ1) is 8.45. The molecule has 0 aliphatic carbocycles. The van der Waals surface area contributed by atoms with Gasteiger partial charge in [0.25, 0.3) is 0 Å². The van der Waals surface area contributed by atoms with E-state index >= 15 is 0 Å². The smallest absolute Gasteiger partial charge is 0.337 e. The molecule has 0 unspecified atom stereocenters. The van der Waals surface area contributed by atoms with Gasteiger partial charge in [-0.15, -0.1) is 0 Å². The quantitative estimate of drug-likeness (QED) is 0.596. The maximum absolute atomic E-state index is 11.3. The molecule has 0 N–H and O–H groups in total. The highest BCUT2D eigenvalue weighted by atomic mass is 31.1. The number of carbonyl (C=O) groups is 1. The molecule has 0 saturated carbocycles. The van der Waals surface area contributed by atoms with Crippen LogP contribution in [0.4, 0.5) is 0 Å². The van der Waals surface area contributed by atoms with Gasteiger partial charge in [-0.25, -0.2) is 4.79 Å². The standard InChI is InChI=1S/C14H21O3P/c1-10(2)18(11(3)4)17-13-8-6-12(7-9-13)14(15)16-5/h6-11H,1-5H3. The predicted molar refractivity (Wildman–Crippen MR) is 75.6 cm³/mol. The Morgan fingerprint density at radius 3 is 1.94 bits per heavy atom. The van der Waals surface area contributed by atoms with Gasteiger partial charge in [-0.2, -0.15) is 0 Å². The third kappa shape index (κ3) is 3.99. The SMILES string of the molecule is COC(=O)c1ccc(OP(C(C)C)C(C)C)cc1. The molecule has 18 heavy (non-hydrogen) atoms. The van der Waals surface area contributed by atoms with E-state index in [1.807, 2.05) is 12.1 Å². The van der Waals surface area contributed by atoms with Crippen molar-refractivity contribution < 1.29 is 14.1 Å².